The van der Waals surface area contributed by atoms with E-state index in [1.54, 1.807) is 0 Å². The molecule has 1 saturated carbocycles. The van der Waals surface area contributed by atoms with Crippen molar-refractivity contribution in [2.24, 2.45) is 5.73 Å². The van der Waals surface area contributed by atoms with E-state index in [-0.39, 0.29) is 12.1 Å². The van der Waals surface area contributed by atoms with Crippen molar-refractivity contribution in [2.45, 2.75) is 50.6 Å². The molecule has 0 radical (unpaired) electrons. The van der Waals surface area contributed by atoms with Gasteiger partial charge in [0.25, 0.3) is 0 Å². The topological polar surface area (TPSA) is 38.0 Å². The van der Waals surface area contributed by atoms with Gasteiger partial charge < -0.3 is 5.73 Å². The van der Waals surface area contributed by atoms with Gasteiger partial charge in [0.2, 0.25) is 0 Å². The first-order valence-corrected chi connectivity index (χ1v) is 7.30. The highest BCUT2D eigenvalue weighted by atomic mass is 15.0. The van der Waals surface area contributed by atoms with Crippen LogP contribution in [0.4, 0.5) is 0 Å². The maximum Gasteiger partial charge on any atom is 0.0692 e. The van der Waals surface area contributed by atoms with Crippen LogP contribution >= 0.6 is 0 Å². The third kappa shape index (κ3) is 3.83. The van der Waals surface area contributed by atoms with Crippen LogP contribution in [0.1, 0.15) is 55.7 Å². The number of rotatable bonds is 7. The summed E-state index contributed by atoms with van der Waals surface area (Å²) >= 11 is 0. The zero-order chi connectivity index (χ0) is 13.7. The molecule has 1 aliphatic carbocycles. The standard InChI is InChI=1S/C17H24N2/c1-3-5-16(4-2)19-17(12-18)15-10-8-14(9-11-15)13-6-7-13/h2,8-11,13,16-17,19H,3,5-7,12,18H2,1H3. The summed E-state index contributed by atoms with van der Waals surface area (Å²) in [6, 6.07) is 9.13. The van der Waals surface area contributed by atoms with Crippen LogP contribution in [-0.2, 0) is 0 Å². The van der Waals surface area contributed by atoms with Gasteiger partial charge in [0.15, 0.2) is 0 Å². The quantitative estimate of drug-likeness (QED) is 0.736. The van der Waals surface area contributed by atoms with Gasteiger partial charge >= 0.3 is 0 Å². The van der Waals surface area contributed by atoms with E-state index in [4.69, 9.17) is 12.2 Å². The van der Waals surface area contributed by atoms with Crippen LogP contribution in [0.3, 0.4) is 0 Å². The Morgan fingerprint density at radius 1 is 1.37 bits per heavy atom. The van der Waals surface area contributed by atoms with E-state index in [9.17, 15) is 0 Å². The maximum absolute atomic E-state index is 5.88. The van der Waals surface area contributed by atoms with Crippen LogP contribution in [0.2, 0.25) is 0 Å². The fourth-order valence-electron chi connectivity index (χ4n) is 2.46. The first kappa shape index (κ1) is 14.1. The molecule has 1 aromatic carbocycles. The summed E-state index contributed by atoms with van der Waals surface area (Å²) in [6.45, 7) is 2.72. The Kier molecular flexibility index (Phi) is 5.01. The Labute approximate surface area is 116 Å². The summed E-state index contributed by atoms with van der Waals surface area (Å²) in [5.41, 5.74) is 8.58. The fraction of sp³-hybridized carbons (Fsp3) is 0.529. The molecule has 2 rings (SSSR count). The maximum atomic E-state index is 5.88. The van der Waals surface area contributed by atoms with Gasteiger partial charge in [0.1, 0.15) is 0 Å². The van der Waals surface area contributed by atoms with Crippen LogP contribution in [0.15, 0.2) is 24.3 Å². The minimum atomic E-state index is 0.113. The lowest BCUT2D eigenvalue weighted by molar-refractivity contribution is 0.475. The molecular formula is C17H24N2. The van der Waals surface area contributed by atoms with Crippen LogP contribution in [0.25, 0.3) is 0 Å². The van der Waals surface area contributed by atoms with Crippen LogP contribution in [0, 0.1) is 12.3 Å². The van der Waals surface area contributed by atoms with Gasteiger partial charge in [-0.05, 0) is 36.3 Å². The van der Waals surface area contributed by atoms with Crippen LogP contribution in [0.5, 0.6) is 0 Å². The molecule has 1 aromatic rings. The monoisotopic (exact) mass is 256 g/mol. The molecule has 1 aliphatic rings. The molecule has 3 N–H and O–H groups in total. The van der Waals surface area contributed by atoms with E-state index in [0.29, 0.717) is 6.54 Å². The van der Waals surface area contributed by atoms with Crippen molar-refractivity contribution in [3.63, 3.8) is 0 Å². The van der Waals surface area contributed by atoms with E-state index in [1.165, 1.54) is 24.0 Å². The van der Waals surface area contributed by atoms with Gasteiger partial charge in [-0.15, -0.1) is 6.42 Å². The van der Waals surface area contributed by atoms with E-state index in [2.05, 4.69) is 42.4 Å². The van der Waals surface area contributed by atoms with Crippen molar-refractivity contribution in [3.05, 3.63) is 35.4 Å². The molecule has 2 heteroatoms. The van der Waals surface area contributed by atoms with E-state index in [0.717, 1.165) is 18.8 Å². The number of hydrogen-bond donors (Lipinski definition) is 2. The molecule has 0 amide bonds. The zero-order valence-electron chi connectivity index (χ0n) is 11.7. The first-order valence-electron chi connectivity index (χ1n) is 7.30. The summed E-state index contributed by atoms with van der Waals surface area (Å²) < 4.78 is 0. The van der Waals surface area contributed by atoms with E-state index in [1.807, 2.05) is 0 Å². The number of hydrogen-bond acceptors (Lipinski definition) is 2. The lowest BCUT2D eigenvalue weighted by Gasteiger charge is -2.22. The summed E-state index contributed by atoms with van der Waals surface area (Å²) in [4.78, 5) is 0. The van der Waals surface area contributed by atoms with Gasteiger partial charge in [0.05, 0.1) is 6.04 Å². The highest BCUT2D eigenvalue weighted by Gasteiger charge is 2.23. The first-order chi connectivity index (χ1) is 9.28. The van der Waals surface area contributed by atoms with E-state index < -0.39 is 0 Å². The molecule has 0 spiro atoms. The highest BCUT2D eigenvalue weighted by molar-refractivity contribution is 5.30. The van der Waals surface area contributed by atoms with Crippen LogP contribution in [-0.4, -0.2) is 12.6 Å². The van der Waals surface area contributed by atoms with Crippen molar-refractivity contribution in [1.82, 2.24) is 5.32 Å². The molecule has 2 unspecified atom stereocenters. The van der Waals surface area contributed by atoms with Crippen LogP contribution < -0.4 is 11.1 Å². The minimum Gasteiger partial charge on any atom is -0.329 e. The Morgan fingerprint density at radius 3 is 2.53 bits per heavy atom. The second-order valence-electron chi connectivity index (χ2n) is 5.40. The van der Waals surface area contributed by atoms with Crippen molar-refractivity contribution >= 4 is 0 Å². The number of terminal acetylenes is 1. The molecule has 0 aliphatic heterocycles. The van der Waals surface area contributed by atoms with Gasteiger partial charge in [0, 0.05) is 12.6 Å². The lowest BCUT2D eigenvalue weighted by atomic mass is 10.0. The molecular weight excluding hydrogens is 232 g/mol. The van der Waals surface area contributed by atoms with Crippen molar-refractivity contribution < 1.29 is 0 Å². The molecule has 0 bridgehead atoms. The summed E-state index contributed by atoms with van der Waals surface area (Å²) in [7, 11) is 0. The third-order valence-corrected chi connectivity index (χ3v) is 3.80. The Morgan fingerprint density at radius 2 is 2.05 bits per heavy atom. The smallest absolute Gasteiger partial charge is 0.0692 e. The van der Waals surface area contributed by atoms with Crippen molar-refractivity contribution in [2.75, 3.05) is 6.54 Å². The SMILES string of the molecule is C#CC(CCC)NC(CN)c1ccc(C2CC2)cc1. The predicted octanol–water partition coefficient (Wildman–Crippen LogP) is 2.96. The number of nitrogens with two attached hydrogens (primary N) is 1. The molecule has 0 aromatic heterocycles. The Balaban J connectivity index is 2.01. The molecule has 19 heavy (non-hydrogen) atoms. The molecule has 1 fully saturated rings. The average molecular weight is 256 g/mol. The fourth-order valence-corrected chi connectivity index (χ4v) is 2.46. The number of benzene rings is 1. The second kappa shape index (κ2) is 6.75. The average Bonchev–Trinajstić information content (AvgIpc) is 3.28. The predicted molar refractivity (Wildman–Crippen MR) is 80.9 cm³/mol. The second-order valence-corrected chi connectivity index (χ2v) is 5.40. The normalized spacial score (nSPS) is 17.7. The molecule has 0 heterocycles. The summed E-state index contributed by atoms with van der Waals surface area (Å²) in [5, 5.41) is 3.47. The van der Waals surface area contributed by atoms with Crippen molar-refractivity contribution in [1.29, 1.82) is 0 Å². The van der Waals surface area contributed by atoms with Gasteiger partial charge in [-0.3, -0.25) is 5.32 Å². The zero-order valence-corrected chi connectivity index (χ0v) is 11.7. The van der Waals surface area contributed by atoms with Gasteiger partial charge in [-0.25, -0.2) is 0 Å². The van der Waals surface area contributed by atoms with Gasteiger partial charge in [-0.1, -0.05) is 43.5 Å². The highest BCUT2D eigenvalue weighted by Crippen LogP contribution is 2.40. The van der Waals surface area contributed by atoms with Crippen molar-refractivity contribution in [3.8, 4) is 12.3 Å². The number of nitrogens with one attached hydrogen (secondary N) is 1. The summed E-state index contributed by atoms with van der Waals surface area (Å²) in [6.07, 6.45) is 10.3. The summed E-state index contributed by atoms with van der Waals surface area (Å²) in [5.74, 6) is 3.61. The largest absolute Gasteiger partial charge is 0.329 e. The lowest BCUT2D eigenvalue weighted by Crippen LogP contribution is -2.35. The van der Waals surface area contributed by atoms with Gasteiger partial charge in [-0.2, -0.15) is 0 Å². The molecule has 0 saturated heterocycles. The molecule has 2 nitrogen and oxygen atoms in total. The third-order valence-electron chi connectivity index (χ3n) is 3.80. The van der Waals surface area contributed by atoms with E-state index >= 15 is 0 Å². The molecule has 102 valence electrons. The Hall–Kier alpha value is -1.30. The Bertz CT molecular complexity index is 426. The molecule has 2 atom stereocenters. The minimum absolute atomic E-state index is 0.113.